The summed E-state index contributed by atoms with van der Waals surface area (Å²) in [4.78, 5) is 0. The molecule has 3 aromatic rings. The summed E-state index contributed by atoms with van der Waals surface area (Å²) in [5, 5.41) is 4.45. The zero-order chi connectivity index (χ0) is 16.1. The summed E-state index contributed by atoms with van der Waals surface area (Å²) in [6.07, 6.45) is 4.64. The molecule has 0 fully saturated rings. The molecule has 0 N–H and O–H groups in total. The minimum absolute atomic E-state index is 0.0660. The summed E-state index contributed by atoms with van der Waals surface area (Å²) in [7, 11) is -0.956. The van der Waals surface area contributed by atoms with Crippen molar-refractivity contribution >= 4 is 10.8 Å². The first-order valence-corrected chi connectivity index (χ1v) is 9.17. The Hall–Kier alpha value is -2.20. The minimum Gasteiger partial charge on any atom is -0.259 e. The molecule has 0 spiro atoms. The van der Waals surface area contributed by atoms with Crippen molar-refractivity contribution in [2.75, 3.05) is 0 Å². The Labute approximate surface area is 139 Å². The van der Waals surface area contributed by atoms with Gasteiger partial charge in [0.25, 0.3) is 0 Å². The van der Waals surface area contributed by atoms with Crippen LogP contribution in [0.25, 0.3) is 5.69 Å². The topological polar surface area (TPSA) is 34.9 Å². The molecule has 0 aliphatic rings. The van der Waals surface area contributed by atoms with Crippen molar-refractivity contribution in [3.63, 3.8) is 0 Å². The number of hydrogen-bond donors (Lipinski definition) is 0. The maximum Gasteiger partial charge on any atom is 0.0645 e. The number of hydrogen-bond acceptors (Lipinski definition) is 2. The van der Waals surface area contributed by atoms with Crippen LogP contribution in [0.2, 0.25) is 0 Å². The van der Waals surface area contributed by atoms with E-state index in [1.807, 2.05) is 65.6 Å². The van der Waals surface area contributed by atoms with E-state index in [1.54, 1.807) is 0 Å². The van der Waals surface area contributed by atoms with E-state index in [2.05, 4.69) is 24.2 Å². The van der Waals surface area contributed by atoms with E-state index < -0.39 is 10.8 Å². The molecule has 0 aliphatic carbocycles. The predicted octanol–water partition coefficient (Wildman–Crippen LogP) is 4.27. The summed E-state index contributed by atoms with van der Waals surface area (Å²) in [5.74, 6) is 0.528. The van der Waals surface area contributed by atoms with E-state index in [1.165, 1.54) is 0 Å². The van der Waals surface area contributed by atoms with Crippen LogP contribution in [-0.2, 0) is 16.6 Å². The number of aromatic nitrogens is 2. The maximum atomic E-state index is 12.8. The van der Waals surface area contributed by atoms with Crippen LogP contribution in [0.5, 0.6) is 0 Å². The highest BCUT2D eigenvalue weighted by Gasteiger charge is 2.17. The Morgan fingerprint density at radius 2 is 1.70 bits per heavy atom. The Bertz CT molecular complexity index is 768. The number of nitrogens with zero attached hydrogens (tertiary/aromatic N) is 2. The molecule has 3 rings (SSSR count). The van der Waals surface area contributed by atoms with Gasteiger partial charge in [-0.1, -0.05) is 55.5 Å². The van der Waals surface area contributed by atoms with Crippen LogP contribution in [0.4, 0.5) is 0 Å². The second-order valence-corrected chi connectivity index (χ2v) is 7.08. The van der Waals surface area contributed by atoms with E-state index in [4.69, 9.17) is 0 Å². The van der Waals surface area contributed by atoms with Gasteiger partial charge < -0.3 is 0 Å². The van der Waals surface area contributed by atoms with Crippen LogP contribution in [0, 0.1) is 0 Å². The van der Waals surface area contributed by atoms with Crippen LogP contribution in [-0.4, -0.2) is 14.0 Å². The molecule has 0 aliphatic heterocycles. The highest BCUT2D eigenvalue weighted by molar-refractivity contribution is 7.84. The summed E-state index contributed by atoms with van der Waals surface area (Å²) < 4.78 is 14.6. The molecule has 23 heavy (non-hydrogen) atoms. The lowest BCUT2D eigenvalue weighted by Crippen LogP contribution is -2.07. The maximum absolute atomic E-state index is 12.8. The zero-order valence-electron chi connectivity index (χ0n) is 13.1. The van der Waals surface area contributed by atoms with Crippen molar-refractivity contribution < 1.29 is 4.21 Å². The highest BCUT2D eigenvalue weighted by atomic mass is 32.2. The molecule has 2 aromatic carbocycles. The number of benzene rings is 2. The Kier molecular flexibility index (Phi) is 5.03. The first-order valence-electron chi connectivity index (χ1n) is 7.79. The molecule has 4 heteroatoms. The van der Waals surface area contributed by atoms with Gasteiger partial charge in [-0.3, -0.25) is 4.21 Å². The quantitative estimate of drug-likeness (QED) is 0.678. The fourth-order valence-corrected chi connectivity index (χ4v) is 4.17. The van der Waals surface area contributed by atoms with E-state index in [9.17, 15) is 4.21 Å². The molecule has 0 amide bonds. The van der Waals surface area contributed by atoms with Crippen molar-refractivity contribution in [1.82, 2.24) is 9.78 Å². The molecule has 3 nitrogen and oxygen atoms in total. The lowest BCUT2D eigenvalue weighted by atomic mass is 10.1. The van der Waals surface area contributed by atoms with Gasteiger partial charge in [-0.2, -0.15) is 5.10 Å². The Morgan fingerprint density at radius 3 is 2.35 bits per heavy atom. The minimum atomic E-state index is -0.956. The summed E-state index contributed by atoms with van der Waals surface area (Å²) >= 11 is 0. The van der Waals surface area contributed by atoms with Crippen molar-refractivity contribution in [1.29, 1.82) is 0 Å². The van der Waals surface area contributed by atoms with Gasteiger partial charge in [0.1, 0.15) is 0 Å². The van der Waals surface area contributed by atoms with Gasteiger partial charge in [0.2, 0.25) is 0 Å². The van der Waals surface area contributed by atoms with E-state index in [0.29, 0.717) is 5.75 Å². The predicted molar refractivity (Wildman–Crippen MR) is 94.9 cm³/mol. The SMILES string of the molecule is CC[C@@H](c1ccccc1)[S@@](=O)Cc1cnn(-c2ccccc2)c1. The lowest BCUT2D eigenvalue weighted by molar-refractivity contribution is 0.668. The van der Waals surface area contributed by atoms with Crippen molar-refractivity contribution in [2.24, 2.45) is 0 Å². The molecule has 0 radical (unpaired) electrons. The fraction of sp³-hybridized carbons (Fsp3) is 0.211. The first kappa shape index (κ1) is 15.7. The largest absolute Gasteiger partial charge is 0.259 e. The van der Waals surface area contributed by atoms with Crippen LogP contribution in [0.1, 0.15) is 29.7 Å². The molecule has 0 bridgehead atoms. The second-order valence-electron chi connectivity index (χ2n) is 5.46. The van der Waals surface area contributed by atoms with Crippen LogP contribution in [0.15, 0.2) is 73.1 Å². The molecule has 1 aromatic heterocycles. The van der Waals surface area contributed by atoms with Gasteiger partial charge in [-0.15, -0.1) is 0 Å². The third-order valence-corrected chi connectivity index (χ3v) is 5.68. The van der Waals surface area contributed by atoms with Gasteiger partial charge >= 0.3 is 0 Å². The lowest BCUT2D eigenvalue weighted by Gasteiger charge is -2.14. The smallest absolute Gasteiger partial charge is 0.0645 e. The van der Waals surface area contributed by atoms with E-state index in [-0.39, 0.29) is 5.25 Å². The van der Waals surface area contributed by atoms with Gasteiger partial charge in [-0.05, 0) is 24.1 Å². The van der Waals surface area contributed by atoms with Crippen molar-refractivity contribution in [3.05, 3.63) is 84.2 Å². The normalized spacial score (nSPS) is 13.6. The summed E-state index contributed by atoms with van der Waals surface area (Å²) in [6.45, 7) is 2.09. The average Bonchev–Trinajstić information content (AvgIpc) is 3.06. The van der Waals surface area contributed by atoms with E-state index in [0.717, 1.165) is 23.2 Å². The summed E-state index contributed by atoms with van der Waals surface area (Å²) in [6, 6.07) is 20.1. The Balaban J connectivity index is 1.74. The molecule has 0 unspecified atom stereocenters. The third-order valence-electron chi connectivity index (χ3n) is 3.83. The molecule has 118 valence electrons. The average molecular weight is 324 g/mol. The highest BCUT2D eigenvalue weighted by Crippen LogP contribution is 2.25. The first-order chi connectivity index (χ1) is 11.3. The zero-order valence-corrected chi connectivity index (χ0v) is 13.9. The standard InChI is InChI=1S/C19H20N2OS/c1-2-19(17-9-5-3-6-10-17)23(22)15-16-13-20-21(14-16)18-11-7-4-8-12-18/h3-14,19H,2,15H2,1H3/t19-,23-/m0/s1. The number of para-hydroxylation sites is 1. The molecule has 0 saturated carbocycles. The van der Waals surface area contributed by atoms with Gasteiger partial charge in [0, 0.05) is 22.6 Å². The van der Waals surface area contributed by atoms with E-state index >= 15 is 0 Å². The molecular formula is C19H20N2OS. The second kappa shape index (κ2) is 7.38. The van der Waals surface area contributed by atoms with Crippen molar-refractivity contribution in [2.45, 2.75) is 24.3 Å². The third kappa shape index (κ3) is 3.77. The number of rotatable bonds is 6. The van der Waals surface area contributed by atoms with Crippen LogP contribution >= 0.6 is 0 Å². The van der Waals surface area contributed by atoms with Crippen LogP contribution in [0.3, 0.4) is 0 Å². The summed E-state index contributed by atoms with van der Waals surface area (Å²) in [5.41, 5.74) is 3.16. The molecule has 2 atom stereocenters. The molecular weight excluding hydrogens is 304 g/mol. The Morgan fingerprint density at radius 1 is 1.04 bits per heavy atom. The van der Waals surface area contributed by atoms with Gasteiger partial charge in [-0.25, -0.2) is 4.68 Å². The monoisotopic (exact) mass is 324 g/mol. The molecule has 1 heterocycles. The fourth-order valence-electron chi connectivity index (χ4n) is 2.66. The van der Waals surface area contributed by atoms with Crippen LogP contribution < -0.4 is 0 Å². The van der Waals surface area contributed by atoms with Gasteiger partial charge in [0.15, 0.2) is 0 Å². The van der Waals surface area contributed by atoms with Gasteiger partial charge in [0.05, 0.1) is 22.9 Å². The molecule has 0 saturated heterocycles. The van der Waals surface area contributed by atoms with Crippen molar-refractivity contribution in [3.8, 4) is 5.69 Å².